The van der Waals surface area contributed by atoms with Crippen molar-refractivity contribution < 1.29 is 9.18 Å². The van der Waals surface area contributed by atoms with Crippen molar-refractivity contribution in [2.24, 2.45) is 0 Å². The zero-order valence-electron chi connectivity index (χ0n) is 16.0. The number of hydrogen-bond acceptors (Lipinski definition) is 5. The van der Waals surface area contributed by atoms with Gasteiger partial charge in [-0.05, 0) is 62.8 Å². The fourth-order valence-corrected chi connectivity index (χ4v) is 4.22. The van der Waals surface area contributed by atoms with Crippen LogP contribution in [0.5, 0.6) is 0 Å². The predicted octanol–water partition coefficient (Wildman–Crippen LogP) is 2.47. The van der Waals surface area contributed by atoms with Gasteiger partial charge in [0.25, 0.3) is 5.91 Å². The maximum Gasteiger partial charge on any atom is 0.270 e. The van der Waals surface area contributed by atoms with E-state index in [1.54, 1.807) is 0 Å². The van der Waals surface area contributed by atoms with Gasteiger partial charge in [0.1, 0.15) is 11.5 Å². The highest BCUT2D eigenvalue weighted by atomic mass is 19.1. The number of halogens is 1. The molecule has 0 bridgehead atoms. The number of nitrogens with zero attached hydrogens (tertiary/aromatic N) is 3. The lowest BCUT2D eigenvalue weighted by Gasteiger charge is -2.33. The fourth-order valence-electron chi connectivity index (χ4n) is 4.22. The SMILES string of the molecule is Nc1nc2c(c(C(=O)NC3CCCN(Cc4ccc(F)cc4)C3)n1)CCCC2. The van der Waals surface area contributed by atoms with Crippen LogP contribution in [0, 0.1) is 5.82 Å². The van der Waals surface area contributed by atoms with Gasteiger partial charge >= 0.3 is 0 Å². The number of amides is 1. The maximum absolute atomic E-state index is 13.1. The largest absolute Gasteiger partial charge is 0.368 e. The highest BCUT2D eigenvalue weighted by Gasteiger charge is 2.26. The molecule has 0 radical (unpaired) electrons. The smallest absolute Gasteiger partial charge is 0.270 e. The monoisotopic (exact) mass is 383 g/mol. The molecule has 1 amide bonds. The van der Waals surface area contributed by atoms with E-state index >= 15 is 0 Å². The summed E-state index contributed by atoms with van der Waals surface area (Å²) in [6, 6.07) is 6.67. The van der Waals surface area contributed by atoms with Crippen molar-refractivity contribution in [3.05, 3.63) is 52.6 Å². The van der Waals surface area contributed by atoms with E-state index in [1.807, 2.05) is 12.1 Å². The molecule has 3 N–H and O–H groups in total. The summed E-state index contributed by atoms with van der Waals surface area (Å²) in [5, 5.41) is 3.15. The van der Waals surface area contributed by atoms with Crippen LogP contribution in [-0.4, -0.2) is 39.9 Å². The number of nitrogen functional groups attached to an aromatic ring is 1. The van der Waals surface area contributed by atoms with Gasteiger partial charge in [-0.25, -0.2) is 14.4 Å². The highest BCUT2D eigenvalue weighted by molar-refractivity contribution is 5.94. The third-order valence-corrected chi connectivity index (χ3v) is 5.58. The van der Waals surface area contributed by atoms with Crippen LogP contribution < -0.4 is 11.1 Å². The number of carbonyl (C=O) groups is 1. The first-order chi connectivity index (χ1) is 13.6. The second-order valence-corrected chi connectivity index (χ2v) is 7.74. The Labute approximate surface area is 164 Å². The molecule has 1 aromatic carbocycles. The molecule has 1 fully saturated rings. The van der Waals surface area contributed by atoms with E-state index in [1.165, 1.54) is 12.1 Å². The Balaban J connectivity index is 1.42. The number of carbonyl (C=O) groups excluding carboxylic acids is 1. The average molecular weight is 383 g/mol. The van der Waals surface area contributed by atoms with E-state index in [9.17, 15) is 9.18 Å². The summed E-state index contributed by atoms with van der Waals surface area (Å²) >= 11 is 0. The molecule has 1 aliphatic heterocycles. The number of fused-ring (bicyclic) bond motifs is 1. The first-order valence-corrected chi connectivity index (χ1v) is 10.0. The van der Waals surface area contributed by atoms with Crippen LogP contribution in [0.25, 0.3) is 0 Å². The molecule has 7 heteroatoms. The molecule has 28 heavy (non-hydrogen) atoms. The molecule has 0 saturated carbocycles. The molecule has 148 valence electrons. The topological polar surface area (TPSA) is 84.1 Å². The normalized spacial score (nSPS) is 19.8. The molecule has 1 aliphatic carbocycles. The number of nitrogens with one attached hydrogen (secondary N) is 1. The minimum atomic E-state index is -0.222. The quantitative estimate of drug-likeness (QED) is 0.847. The van der Waals surface area contributed by atoms with Gasteiger partial charge in [-0.15, -0.1) is 0 Å². The summed E-state index contributed by atoms with van der Waals surface area (Å²) in [6.07, 6.45) is 5.77. The third kappa shape index (κ3) is 4.30. The van der Waals surface area contributed by atoms with Crippen molar-refractivity contribution >= 4 is 11.9 Å². The minimum Gasteiger partial charge on any atom is -0.368 e. The number of hydrogen-bond donors (Lipinski definition) is 2. The second kappa shape index (κ2) is 8.22. The van der Waals surface area contributed by atoms with E-state index in [0.29, 0.717) is 5.69 Å². The van der Waals surface area contributed by atoms with Gasteiger partial charge in [-0.2, -0.15) is 0 Å². The number of piperidine rings is 1. The first kappa shape index (κ1) is 18.8. The Bertz CT molecular complexity index is 855. The molecular weight excluding hydrogens is 357 g/mol. The first-order valence-electron chi connectivity index (χ1n) is 10.0. The Morgan fingerprint density at radius 2 is 1.96 bits per heavy atom. The van der Waals surface area contributed by atoms with E-state index in [0.717, 1.165) is 75.0 Å². The van der Waals surface area contributed by atoms with Gasteiger partial charge in [0, 0.05) is 30.4 Å². The summed E-state index contributed by atoms with van der Waals surface area (Å²) in [6.45, 7) is 2.49. The number of likely N-dealkylation sites (tertiary alicyclic amines) is 1. The number of anilines is 1. The van der Waals surface area contributed by atoms with Gasteiger partial charge in [0.05, 0.1) is 0 Å². The van der Waals surface area contributed by atoms with Crippen LogP contribution in [0.4, 0.5) is 10.3 Å². The Kier molecular flexibility index (Phi) is 5.52. The highest BCUT2D eigenvalue weighted by Crippen LogP contribution is 2.23. The molecule has 1 atom stereocenters. The van der Waals surface area contributed by atoms with Crippen molar-refractivity contribution in [1.82, 2.24) is 20.2 Å². The lowest BCUT2D eigenvalue weighted by atomic mass is 9.94. The summed E-state index contributed by atoms with van der Waals surface area (Å²) in [4.78, 5) is 23.8. The van der Waals surface area contributed by atoms with Gasteiger partial charge < -0.3 is 11.1 Å². The summed E-state index contributed by atoms with van der Waals surface area (Å²) < 4.78 is 13.1. The predicted molar refractivity (Wildman–Crippen MR) is 105 cm³/mol. The third-order valence-electron chi connectivity index (χ3n) is 5.58. The fraction of sp³-hybridized carbons (Fsp3) is 0.476. The van der Waals surface area contributed by atoms with Crippen molar-refractivity contribution in [3.8, 4) is 0 Å². The molecule has 4 rings (SSSR count). The van der Waals surface area contributed by atoms with E-state index in [-0.39, 0.29) is 23.7 Å². The van der Waals surface area contributed by atoms with Crippen LogP contribution >= 0.6 is 0 Å². The van der Waals surface area contributed by atoms with E-state index in [4.69, 9.17) is 5.73 Å². The lowest BCUT2D eigenvalue weighted by Crippen LogP contribution is -2.47. The summed E-state index contributed by atoms with van der Waals surface area (Å²) in [5.41, 5.74) is 9.23. The van der Waals surface area contributed by atoms with Crippen molar-refractivity contribution in [1.29, 1.82) is 0 Å². The Morgan fingerprint density at radius 3 is 2.79 bits per heavy atom. The number of rotatable bonds is 4. The zero-order chi connectivity index (χ0) is 19.5. The van der Waals surface area contributed by atoms with Crippen LogP contribution in [0.15, 0.2) is 24.3 Å². The Morgan fingerprint density at radius 1 is 1.18 bits per heavy atom. The van der Waals surface area contributed by atoms with Crippen molar-refractivity contribution in [2.75, 3.05) is 18.8 Å². The van der Waals surface area contributed by atoms with Gasteiger partial charge in [-0.1, -0.05) is 12.1 Å². The average Bonchev–Trinajstić information content (AvgIpc) is 2.69. The standard InChI is InChI=1S/C21H26FN5O/c22-15-9-7-14(8-10-15)12-27-11-3-4-16(13-27)24-20(28)19-17-5-1-2-6-18(17)25-21(23)26-19/h7-10,16H,1-6,11-13H2,(H,24,28)(H2,23,25,26). The molecule has 1 aromatic heterocycles. The number of benzene rings is 1. The van der Waals surface area contributed by atoms with Gasteiger partial charge in [0.15, 0.2) is 0 Å². The lowest BCUT2D eigenvalue weighted by molar-refractivity contribution is 0.0894. The summed E-state index contributed by atoms with van der Waals surface area (Å²) in [7, 11) is 0. The van der Waals surface area contributed by atoms with Gasteiger partial charge in [-0.3, -0.25) is 9.69 Å². The van der Waals surface area contributed by atoms with Crippen LogP contribution in [0.3, 0.4) is 0 Å². The molecule has 2 aliphatic rings. The zero-order valence-corrected chi connectivity index (χ0v) is 16.0. The molecular formula is C21H26FN5O. The van der Waals surface area contributed by atoms with E-state index < -0.39 is 0 Å². The Hall–Kier alpha value is -2.54. The minimum absolute atomic E-state index is 0.0668. The van der Waals surface area contributed by atoms with Crippen LogP contribution in [-0.2, 0) is 19.4 Å². The molecule has 1 saturated heterocycles. The molecule has 1 unspecified atom stereocenters. The van der Waals surface area contributed by atoms with Crippen LogP contribution in [0.2, 0.25) is 0 Å². The molecule has 0 spiro atoms. The number of aryl methyl sites for hydroxylation is 1. The molecule has 6 nitrogen and oxygen atoms in total. The van der Waals surface area contributed by atoms with Crippen molar-refractivity contribution in [2.45, 2.75) is 51.1 Å². The number of nitrogens with two attached hydrogens (primary N) is 1. The van der Waals surface area contributed by atoms with Gasteiger partial charge in [0.2, 0.25) is 5.95 Å². The van der Waals surface area contributed by atoms with Crippen LogP contribution in [0.1, 0.15) is 53.0 Å². The molecule has 2 aromatic rings. The summed E-state index contributed by atoms with van der Waals surface area (Å²) in [5.74, 6) is -0.201. The number of aromatic nitrogens is 2. The maximum atomic E-state index is 13.1. The second-order valence-electron chi connectivity index (χ2n) is 7.74. The molecule has 2 heterocycles. The van der Waals surface area contributed by atoms with Crippen molar-refractivity contribution in [3.63, 3.8) is 0 Å². The van der Waals surface area contributed by atoms with E-state index in [2.05, 4.69) is 20.2 Å².